The fourth-order valence-electron chi connectivity index (χ4n) is 2.80. The Hall–Kier alpha value is -0.0800. The van der Waals surface area contributed by atoms with Crippen LogP contribution in [0.3, 0.4) is 0 Å². The summed E-state index contributed by atoms with van der Waals surface area (Å²) in [5.41, 5.74) is 0.313. The molecule has 1 rings (SSSR count). The minimum absolute atomic E-state index is 0.313. The van der Waals surface area contributed by atoms with Gasteiger partial charge in [-0.15, -0.1) is 0 Å². The summed E-state index contributed by atoms with van der Waals surface area (Å²) >= 11 is 0. The zero-order chi connectivity index (χ0) is 13.1. The normalized spacial score (nSPS) is 34.6. The van der Waals surface area contributed by atoms with E-state index in [-0.39, 0.29) is 0 Å². The Morgan fingerprint density at radius 3 is 2.35 bits per heavy atom. The van der Waals surface area contributed by atoms with Gasteiger partial charge in [0.05, 0.1) is 0 Å². The van der Waals surface area contributed by atoms with Crippen molar-refractivity contribution in [3.8, 4) is 0 Å². The van der Waals surface area contributed by atoms with Gasteiger partial charge in [-0.05, 0) is 32.6 Å². The molecule has 0 radical (unpaired) electrons. The van der Waals surface area contributed by atoms with E-state index >= 15 is 0 Å². The molecule has 2 heteroatoms. The summed E-state index contributed by atoms with van der Waals surface area (Å²) in [6.07, 6.45) is 3.75. The highest BCUT2D eigenvalue weighted by Gasteiger charge is 2.37. The molecule has 4 atom stereocenters. The van der Waals surface area contributed by atoms with E-state index in [2.05, 4.69) is 51.8 Å². The molecular weight excluding hydrogens is 208 g/mol. The van der Waals surface area contributed by atoms with Crippen molar-refractivity contribution in [3.05, 3.63) is 0 Å². The first kappa shape index (κ1) is 15.0. The topological polar surface area (TPSA) is 15.3 Å². The molecule has 1 aliphatic rings. The second-order valence-corrected chi connectivity index (χ2v) is 6.18. The predicted octanol–water partition coefficient (Wildman–Crippen LogP) is 3.27. The number of piperazine rings is 1. The number of hydrogen-bond acceptors (Lipinski definition) is 2. The van der Waals surface area contributed by atoms with Crippen molar-refractivity contribution in [2.75, 3.05) is 13.1 Å². The van der Waals surface area contributed by atoms with Crippen molar-refractivity contribution in [3.63, 3.8) is 0 Å². The van der Waals surface area contributed by atoms with Crippen molar-refractivity contribution in [2.45, 2.75) is 78.4 Å². The lowest BCUT2D eigenvalue weighted by atomic mass is 9.87. The third-order valence-electron chi connectivity index (χ3n) is 4.93. The molecule has 1 heterocycles. The van der Waals surface area contributed by atoms with Crippen molar-refractivity contribution in [1.29, 1.82) is 0 Å². The molecule has 0 amide bonds. The van der Waals surface area contributed by atoms with Gasteiger partial charge in [-0.2, -0.15) is 0 Å². The summed E-state index contributed by atoms with van der Waals surface area (Å²) in [5.74, 6) is 0.790. The van der Waals surface area contributed by atoms with Crippen LogP contribution >= 0.6 is 0 Å². The molecule has 0 saturated carbocycles. The van der Waals surface area contributed by atoms with E-state index in [0.717, 1.165) is 18.5 Å². The van der Waals surface area contributed by atoms with E-state index in [4.69, 9.17) is 0 Å². The highest BCUT2D eigenvalue weighted by Crippen LogP contribution is 2.26. The molecule has 1 N–H and O–H groups in total. The summed E-state index contributed by atoms with van der Waals surface area (Å²) in [5, 5.41) is 3.78. The molecule has 1 saturated heterocycles. The second-order valence-electron chi connectivity index (χ2n) is 6.18. The highest BCUT2D eigenvalue weighted by molar-refractivity contribution is 4.97. The van der Waals surface area contributed by atoms with Crippen LogP contribution in [0.1, 0.15) is 60.8 Å². The SMILES string of the molecule is CCC(C)C1CNC(C)(CC)CN1C(C)CC. The smallest absolute Gasteiger partial charge is 0.0278 e. The zero-order valence-electron chi connectivity index (χ0n) is 12.7. The number of rotatable bonds is 5. The standard InChI is InChI=1S/C15H32N2/c1-7-12(4)14-10-16-15(6,9-3)11-17(14)13(5)8-2/h12-14,16H,7-11H2,1-6H3. The number of nitrogens with zero attached hydrogens (tertiary/aromatic N) is 1. The van der Waals surface area contributed by atoms with Crippen molar-refractivity contribution in [1.82, 2.24) is 10.2 Å². The third-order valence-corrected chi connectivity index (χ3v) is 4.93. The fourth-order valence-corrected chi connectivity index (χ4v) is 2.80. The molecule has 0 bridgehead atoms. The van der Waals surface area contributed by atoms with E-state index < -0.39 is 0 Å². The lowest BCUT2D eigenvalue weighted by Gasteiger charge is -2.50. The lowest BCUT2D eigenvalue weighted by Crippen LogP contribution is -2.65. The quantitative estimate of drug-likeness (QED) is 0.793. The molecule has 102 valence electrons. The Morgan fingerprint density at radius 2 is 1.88 bits per heavy atom. The van der Waals surface area contributed by atoms with Crippen LogP contribution in [0.2, 0.25) is 0 Å². The van der Waals surface area contributed by atoms with Gasteiger partial charge in [0, 0.05) is 30.7 Å². The van der Waals surface area contributed by atoms with Gasteiger partial charge in [-0.1, -0.05) is 34.1 Å². The van der Waals surface area contributed by atoms with E-state index in [1.165, 1.54) is 25.8 Å². The van der Waals surface area contributed by atoms with Gasteiger partial charge in [0.1, 0.15) is 0 Å². The minimum Gasteiger partial charge on any atom is -0.309 e. The Bertz CT molecular complexity index is 229. The first-order chi connectivity index (χ1) is 7.97. The van der Waals surface area contributed by atoms with Gasteiger partial charge < -0.3 is 5.32 Å². The average Bonchev–Trinajstić information content (AvgIpc) is 2.36. The third kappa shape index (κ3) is 3.45. The van der Waals surface area contributed by atoms with Gasteiger partial charge >= 0.3 is 0 Å². The van der Waals surface area contributed by atoms with Crippen LogP contribution in [0.4, 0.5) is 0 Å². The lowest BCUT2D eigenvalue weighted by molar-refractivity contribution is 0.0244. The van der Waals surface area contributed by atoms with Gasteiger partial charge in [0.15, 0.2) is 0 Å². The molecular formula is C15H32N2. The van der Waals surface area contributed by atoms with E-state index in [0.29, 0.717) is 11.6 Å². The Morgan fingerprint density at radius 1 is 1.24 bits per heavy atom. The molecule has 4 unspecified atom stereocenters. The highest BCUT2D eigenvalue weighted by atomic mass is 15.3. The van der Waals surface area contributed by atoms with Crippen molar-refractivity contribution in [2.24, 2.45) is 5.92 Å². The Kier molecular flexibility index (Phi) is 5.46. The Labute approximate surface area is 108 Å². The molecule has 2 nitrogen and oxygen atoms in total. The first-order valence-corrected chi connectivity index (χ1v) is 7.48. The maximum absolute atomic E-state index is 3.78. The molecule has 1 aliphatic heterocycles. The van der Waals surface area contributed by atoms with Gasteiger partial charge in [0.25, 0.3) is 0 Å². The van der Waals surface area contributed by atoms with E-state index in [1.807, 2.05) is 0 Å². The maximum atomic E-state index is 3.78. The first-order valence-electron chi connectivity index (χ1n) is 7.48. The molecule has 0 spiro atoms. The summed E-state index contributed by atoms with van der Waals surface area (Å²) in [6, 6.07) is 1.43. The zero-order valence-corrected chi connectivity index (χ0v) is 12.7. The average molecular weight is 240 g/mol. The van der Waals surface area contributed by atoms with Crippen LogP contribution in [-0.2, 0) is 0 Å². The number of hydrogen-bond donors (Lipinski definition) is 1. The summed E-state index contributed by atoms with van der Waals surface area (Å²) in [4.78, 5) is 2.76. The van der Waals surface area contributed by atoms with Crippen LogP contribution in [0.5, 0.6) is 0 Å². The predicted molar refractivity (Wildman–Crippen MR) is 76.4 cm³/mol. The molecule has 1 fully saturated rings. The van der Waals surface area contributed by atoms with Gasteiger partial charge in [-0.3, -0.25) is 4.90 Å². The van der Waals surface area contributed by atoms with E-state index in [9.17, 15) is 0 Å². The van der Waals surface area contributed by atoms with Crippen LogP contribution in [0.25, 0.3) is 0 Å². The van der Waals surface area contributed by atoms with Crippen LogP contribution in [-0.4, -0.2) is 35.6 Å². The Balaban J connectivity index is 2.79. The minimum atomic E-state index is 0.313. The molecule has 0 aromatic heterocycles. The molecule has 0 aromatic rings. The van der Waals surface area contributed by atoms with Crippen LogP contribution < -0.4 is 5.32 Å². The summed E-state index contributed by atoms with van der Waals surface area (Å²) < 4.78 is 0. The number of nitrogens with one attached hydrogen (secondary N) is 1. The van der Waals surface area contributed by atoms with Crippen molar-refractivity contribution >= 4 is 0 Å². The molecule has 17 heavy (non-hydrogen) atoms. The molecule has 0 aliphatic carbocycles. The largest absolute Gasteiger partial charge is 0.309 e. The van der Waals surface area contributed by atoms with Gasteiger partial charge in [0.2, 0.25) is 0 Å². The van der Waals surface area contributed by atoms with E-state index in [1.54, 1.807) is 0 Å². The maximum Gasteiger partial charge on any atom is 0.0278 e. The van der Waals surface area contributed by atoms with Crippen LogP contribution in [0.15, 0.2) is 0 Å². The molecule has 0 aromatic carbocycles. The van der Waals surface area contributed by atoms with Crippen molar-refractivity contribution < 1.29 is 0 Å². The summed E-state index contributed by atoms with van der Waals surface area (Å²) in [7, 11) is 0. The summed E-state index contributed by atoms with van der Waals surface area (Å²) in [6.45, 7) is 16.4. The van der Waals surface area contributed by atoms with Gasteiger partial charge in [-0.25, -0.2) is 0 Å². The second kappa shape index (κ2) is 6.19. The monoisotopic (exact) mass is 240 g/mol. The van der Waals surface area contributed by atoms with Crippen LogP contribution in [0, 0.1) is 5.92 Å². The fraction of sp³-hybridized carbons (Fsp3) is 1.00.